The van der Waals surface area contributed by atoms with Crippen molar-refractivity contribution in [2.45, 2.75) is 39.5 Å². The highest BCUT2D eigenvalue weighted by Crippen LogP contribution is 2.32. The van der Waals surface area contributed by atoms with Crippen LogP contribution in [0.15, 0.2) is 0 Å². The van der Waals surface area contributed by atoms with E-state index in [0.717, 1.165) is 6.54 Å². The number of aliphatic carboxylic acids is 1. The first kappa shape index (κ1) is 15.8. The first-order valence-corrected chi connectivity index (χ1v) is 7.64. The molecule has 6 nitrogen and oxygen atoms in total. The molecule has 0 aromatic carbocycles. The van der Waals surface area contributed by atoms with Gasteiger partial charge in [0, 0.05) is 26.1 Å². The predicted molar refractivity (Wildman–Crippen MR) is 76.5 cm³/mol. The molecule has 1 heterocycles. The van der Waals surface area contributed by atoms with Gasteiger partial charge >= 0.3 is 5.97 Å². The van der Waals surface area contributed by atoms with Gasteiger partial charge in [-0.05, 0) is 32.1 Å². The lowest BCUT2D eigenvalue weighted by atomic mass is 9.87. The number of nitrogens with one attached hydrogen (secondary N) is 1. The van der Waals surface area contributed by atoms with Crippen LogP contribution in [-0.4, -0.2) is 47.4 Å². The number of hydrogen-bond donors (Lipinski definition) is 2. The Kier molecular flexibility index (Phi) is 4.54. The molecular weight excluding hydrogens is 272 g/mol. The Hall–Kier alpha value is -1.59. The Balaban J connectivity index is 1.83. The van der Waals surface area contributed by atoms with Crippen LogP contribution in [0, 0.1) is 17.3 Å². The molecular formula is C15H24N2O4. The smallest absolute Gasteiger partial charge is 0.311 e. The molecule has 1 aliphatic carbocycles. The van der Waals surface area contributed by atoms with Crippen LogP contribution in [0.2, 0.25) is 0 Å². The minimum absolute atomic E-state index is 0.0403. The Morgan fingerprint density at radius 2 is 2.10 bits per heavy atom. The zero-order valence-corrected chi connectivity index (χ0v) is 12.7. The molecule has 2 unspecified atom stereocenters. The molecule has 2 N–H and O–H groups in total. The lowest BCUT2D eigenvalue weighted by molar-refractivity contribution is -0.148. The molecule has 118 valence electrons. The monoisotopic (exact) mass is 296 g/mol. The average Bonchev–Trinajstić information content (AvgIpc) is 3.18. The number of hydrogen-bond acceptors (Lipinski definition) is 3. The molecule has 21 heavy (non-hydrogen) atoms. The number of likely N-dealkylation sites (tertiary alicyclic amines) is 1. The molecule has 0 aromatic heterocycles. The fourth-order valence-corrected chi connectivity index (χ4v) is 2.51. The Morgan fingerprint density at radius 1 is 1.43 bits per heavy atom. The molecule has 2 fully saturated rings. The second-order valence-corrected chi connectivity index (χ2v) is 6.58. The molecule has 0 radical (unpaired) electrons. The summed E-state index contributed by atoms with van der Waals surface area (Å²) in [6, 6.07) is 0. The van der Waals surface area contributed by atoms with Gasteiger partial charge in [-0.2, -0.15) is 0 Å². The molecule has 2 atom stereocenters. The number of carbonyl (C=O) groups is 3. The van der Waals surface area contributed by atoms with Crippen LogP contribution >= 0.6 is 0 Å². The highest BCUT2D eigenvalue weighted by molar-refractivity contribution is 5.89. The molecule has 0 spiro atoms. The zero-order valence-electron chi connectivity index (χ0n) is 12.7. The summed E-state index contributed by atoms with van der Waals surface area (Å²) in [6.45, 7) is 4.75. The SMILES string of the molecule is CCC(C)(CNC(=O)C1CC(=O)N(CC2CC2)C1)C(=O)O. The Labute approximate surface area is 124 Å². The van der Waals surface area contributed by atoms with E-state index in [1.165, 1.54) is 12.8 Å². The average molecular weight is 296 g/mol. The second-order valence-electron chi connectivity index (χ2n) is 6.58. The molecule has 0 aromatic rings. The van der Waals surface area contributed by atoms with Crippen molar-refractivity contribution >= 4 is 17.8 Å². The maximum absolute atomic E-state index is 12.1. The second kappa shape index (κ2) is 6.03. The van der Waals surface area contributed by atoms with E-state index in [1.54, 1.807) is 18.7 Å². The summed E-state index contributed by atoms with van der Waals surface area (Å²) in [6.07, 6.45) is 3.04. The number of carboxylic acids is 1. The van der Waals surface area contributed by atoms with Gasteiger partial charge in [0.15, 0.2) is 0 Å². The third-order valence-corrected chi connectivity index (χ3v) is 4.71. The maximum atomic E-state index is 12.1. The van der Waals surface area contributed by atoms with Gasteiger partial charge < -0.3 is 15.3 Å². The van der Waals surface area contributed by atoms with Gasteiger partial charge in [0.05, 0.1) is 11.3 Å². The normalized spacial score (nSPS) is 24.8. The molecule has 1 saturated heterocycles. The van der Waals surface area contributed by atoms with Crippen molar-refractivity contribution in [3.63, 3.8) is 0 Å². The molecule has 6 heteroatoms. The number of amides is 2. The van der Waals surface area contributed by atoms with Gasteiger partial charge in [0.2, 0.25) is 11.8 Å². The van der Waals surface area contributed by atoms with E-state index < -0.39 is 11.4 Å². The summed E-state index contributed by atoms with van der Waals surface area (Å²) in [5.74, 6) is -0.804. The zero-order chi connectivity index (χ0) is 15.6. The van der Waals surface area contributed by atoms with E-state index in [2.05, 4.69) is 5.32 Å². The van der Waals surface area contributed by atoms with E-state index in [0.29, 0.717) is 18.9 Å². The highest BCUT2D eigenvalue weighted by atomic mass is 16.4. The fourth-order valence-electron chi connectivity index (χ4n) is 2.51. The molecule has 0 bridgehead atoms. The van der Waals surface area contributed by atoms with E-state index in [9.17, 15) is 19.5 Å². The minimum atomic E-state index is -0.952. The fraction of sp³-hybridized carbons (Fsp3) is 0.800. The maximum Gasteiger partial charge on any atom is 0.311 e. The third-order valence-electron chi connectivity index (χ3n) is 4.71. The first-order valence-electron chi connectivity index (χ1n) is 7.64. The van der Waals surface area contributed by atoms with Gasteiger partial charge in [0.25, 0.3) is 0 Å². The van der Waals surface area contributed by atoms with Crippen LogP contribution in [-0.2, 0) is 14.4 Å². The Bertz CT molecular complexity index is 447. The minimum Gasteiger partial charge on any atom is -0.481 e. The lowest BCUT2D eigenvalue weighted by Gasteiger charge is -2.24. The van der Waals surface area contributed by atoms with Crippen molar-refractivity contribution in [1.82, 2.24) is 10.2 Å². The number of nitrogens with zero attached hydrogens (tertiary/aromatic N) is 1. The van der Waals surface area contributed by atoms with Gasteiger partial charge in [-0.15, -0.1) is 0 Å². The molecule has 2 aliphatic rings. The van der Waals surface area contributed by atoms with E-state index in [4.69, 9.17) is 0 Å². The number of rotatable bonds is 7. The first-order chi connectivity index (χ1) is 9.85. The van der Waals surface area contributed by atoms with Crippen molar-refractivity contribution in [2.75, 3.05) is 19.6 Å². The topological polar surface area (TPSA) is 86.7 Å². The Morgan fingerprint density at radius 3 is 2.62 bits per heavy atom. The summed E-state index contributed by atoms with van der Waals surface area (Å²) >= 11 is 0. The van der Waals surface area contributed by atoms with E-state index in [1.807, 2.05) is 0 Å². The van der Waals surface area contributed by atoms with Crippen LogP contribution in [0.5, 0.6) is 0 Å². The third kappa shape index (κ3) is 3.74. The largest absolute Gasteiger partial charge is 0.481 e. The van der Waals surface area contributed by atoms with E-state index in [-0.39, 0.29) is 30.7 Å². The summed E-state index contributed by atoms with van der Waals surface area (Å²) in [5.41, 5.74) is -0.952. The van der Waals surface area contributed by atoms with Crippen LogP contribution in [0.1, 0.15) is 39.5 Å². The van der Waals surface area contributed by atoms with Crippen molar-refractivity contribution in [3.8, 4) is 0 Å². The predicted octanol–water partition coefficient (Wildman–Crippen LogP) is 0.862. The summed E-state index contributed by atoms with van der Waals surface area (Å²) < 4.78 is 0. The van der Waals surface area contributed by atoms with Gasteiger partial charge in [0.1, 0.15) is 0 Å². The quantitative estimate of drug-likeness (QED) is 0.729. The van der Waals surface area contributed by atoms with Crippen LogP contribution in [0.25, 0.3) is 0 Å². The van der Waals surface area contributed by atoms with Crippen LogP contribution < -0.4 is 5.32 Å². The number of carboxylic acid groups (broad SMARTS) is 1. The van der Waals surface area contributed by atoms with Gasteiger partial charge in [-0.3, -0.25) is 14.4 Å². The van der Waals surface area contributed by atoms with Gasteiger partial charge in [-0.25, -0.2) is 0 Å². The van der Waals surface area contributed by atoms with Crippen molar-refractivity contribution in [3.05, 3.63) is 0 Å². The van der Waals surface area contributed by atoms with E-state index >= 15 is 0 Å². The molecule has 1 saturated carbocycles. The molecule has 2 rings (SSSR count). The standard InChI is InChI=1S/C15H24N2O4/c1-3-15(2,14(20)21)9-16-13(19)11-6-12(18)17(8-11)7-10-4-5-10/h10-11H,3-9H2,1-2H3,(H,16,19)(H,20,21). The van der Waals surface area contributed by atoms with Crippen molar-refractivity contribution in [2.24, 2.45) is 17.3 Å². The summed E-state index contributed by atoms with van der Waals surface area (Å²) in [7, 11) is 0. The van der Waals surface area contributed by atoms with Crippen LogP contribution in [0.3, 0.4) is 0 Å². The molecule has 1 aliphatic heterocycles. The summed E-state index contributed by atoms with van der Waals surface area (Å²) in [5, 5.41) is 11.9. The van der Waals surface area contributed by atoms with Crippen molar-refractivity contribution in [1.29, 1.82) is 0 Å². The van der Waals surface area contributed by atoms with Crippen LogP contribution in [0.4, 0.5) is 0 Å². The summed E-state index contributed by atoms with van der Waals surface area (Å²) in [4.78, 5) is 37.0. The highest BCUT2D eigenvalue weighted by Gasteiger charge is 2.38. The van der Waals surface area contributed by atoms with Gasteiger partial charge in [-0.1, -0.05) is 6.92 Å². The van der Waals surface area contributed by atoms with Crippen molar-refractivity contribution < 1.29 is 19.5 Å². The molecule has 2 amide bonds. The number of carbonyl (C=O) groups excluding carboxylic acids is 2. The lowest BCUT2D eigenvalue weighted by Crippen LogP contribution is -2.43.